The molecular formula is C8H8N4OS. The topological polar surface area (TPSA) is 66.7 Å². The first-order chi connectivity index (χ1) is 6.84. The lowest BCUT2D eigenvalue weighted by Crippen LogP contribution is -2.11. The monoisotopic (exact) mass is 208 g/mol. The first kappa shape index (κ1) is 8.89. The Morgan fingerprint density at radius 3 is 3.21 bits per heavy atom. The van der Waals surface area contributed by atoms with E-state index in [9.17, 15) is 0 Å². The Bertz CT molecular complexity index is 357. The maximum absolute atomic E-state index is 5.10. The number of thiocarbonyl (C=S) groups is 1. The summed E-state index contributed by atoms with van der Waals surface area (Å²) >= 11 is 5.10. The van der Waals surface area contributed by atoms with Crippen LogP contribution in [0.1, 0.15) is 5.69 Å². The van der Waals surface area contributed by atoms with Gasteiger partial charge in [-0.3, -0.25) is 0 Å². The van der Waals surface area contributed by atoms with Gasteiger partial charge in [0.25, 0.3) is 0 Å². The molecule has 2 aromatic rings. The molecule has 0 saturated heterocycles. The fourth-order valence-electron chi connectivity index (χ4n) is 1.01. The maximum atomic E-state index is 5.10. The van der Waals surface area contributed by atoms with E-state index in [-0.39, 0.29) is 0 Å². The van der Waals surface area contributed by atoms with Gasteiger partial charge in [-0.05, 0) is 6.07 Å². The van der Waals surface area contributed by atoms with E-state index in [1.54, 1.807) is 24.6 Å². The van der Waals surface area contributed by atoms with Gasteiger partial charge in [0.05, 0.1) is 23.1 Å². The molecule has 0 atom stereocenters. The summed E-state index contributed by atoms with van der Waals surface area (Å²) in [7, 11) is 0. The molecule has 2 aromatic heterocycles. The van der Waals surface area contributed by atoms with Crippen LogP contribution in [0, 0.1) is 0 Å². The van der Waals surface area contributed by atoms with E-state index >= 15 is 0 Å². The van der Waals surface area contributed by atoms with E-state index in [0.29, 0.717) is 17.3 Å². The minimum Gasteiger partial charge on any atom is -0.449 e. The van der Waals surface area contributed by atoms with Crippen molar-refractivity contribution in [3.05, 3.63) is 30.3 Å². The van der Waals surface area contributed by atoms with Gasteiger partial charge in [0.15, 0.2) is 5.88 Å². The minimum atomic E-state index is 0.548. The van der Waals surface area contributed by atoms with Crippen molar-refractivity contribution >= 4 is 23.1 Å². The number of rotatable bonds is 3. The second kappa shape index (κ2) is 4.01. The highest BCUT2D eigenvalue weighted by Crippen LogP contribution is 2.07. The third kappa shape index (κ3) is 2.17. The molecule has 14 heavy (non-hydrogen) atoms. The van der Waals surface area contributed by atoms with Gasteiger partial charge in [0, 0.05) is 12.5 Å². The molecule has 2 heterocycles. The van der Waals surface area contributed by atoms with E-state index in [1.807, 2.05) is 0 Å². The molecule has 0 saturated carbocycles. The zero-order chi connectivity index (χ0) is 9.80. The van der Waals surface area contributed by atoms with Gasteiger partial charge in [-0.2, -0.15) is 15.4 Å². The van der Waals surface area contributed by atoms with Crippen molar-refractivity contribution in [1.29, 1.82) is 0 Å². The van der Waals surface area contributed by atoms with Gasteiger partial charge >= 0.3 is 0 Å². The van der Waals surface area contributed by atoms with Crippen molar-refractivity contribution in [2.45, 2.75) is 6.42 Å². The van der Waals surface area contributed by atoms with E-state index < -0.39 is 0 Å². The summed E-state index contributed by atoms with van der Waals surface area (Å²) in [6, 6.07) is 3.59. The van der Waals surface area contributed by atoms with E-state index in [1.165, 1.54) is 0 Å². The molecular weight excluding hydrogens is 200 g/mol. The Balaban J connectivity index is 1.91. The number of aromatic nitrogens is 3. The molecule has 0 aromatic carbocycles. The number of anilines is 1. The lowest BCUT2D eigenvalue weighted by atomic mass is 10.3. The largest absolute Gasteiger partial charge is 0.449 e. The molecule has 2 N–H and O–H groups in total. The first-order valence-electron chi connectivity index (χ1n) is 4.02. The predicted molar refractivity (Wildman–Crippen MR) is 55.0 cm³/mol. The van der Waals surface area contributed by atoms with Crippen molar-refractivity contribution in [3.8, 4) is 0 Å². The number of hydrogen-bond acceptors (Lipinski definition) is 4. The average molecular weight is 208 g/mol. The minimum absolute atomic E-state index is 0.548. The Morgan fingerprint density at radius 2 is 2.57 bits per heavy atom. The fraction of sp³-hybridized carbons (Fsp3) is 0.125. The molecule has 0 spiro atoms. The summed E-state index contributed by atoms with van der Waals surface area (Å²) in [6.45, 7) is 0. The molecule has 0 aliphatic rings. The van der Waals surface area contributed by atoms with Gasteiger partial charge in [-0.15, -0.1) is 0 Å². The van der Waals surface area contributed by atoms with E-state index in [2.05, 4.69) is 20.7 Å². The zero-order valence-electron chi connectivity index (χ0n) is 7.23. The number of furan rings is 1. The Labute approximate surface area is 85.5 Å². The summed E-state index contributed by atoms with van der Waals surface area (Å²) in [6.07, 6.45) is 3.77. The molecule has 0 bridgehead atoms. The number of H-pyrrole nitrogens is 1. The van der Waals surface area contributed by atoms with E-state index in [4.69, 9.17) is 16.6 Å². The zero-order valence-corrected chi connectivity index (χ0v) is 8.04. The molecule has 2 rings (SSSR count). The van der Waals surface area contributed by atoms with Crippen molar-refractivity contribution in [3.63, 3.8) is 0 Å². The molecule has 0 aliphatic heterocycles. The predicted octanol–water partition coefficient (Wildman–Crippen LogP) is 1.38. The Hall–Kier alpha value is -1.69. The van der Waals surface area contributed by atoms with Crippen LogP contribution in [0.3, 0.4) is 0 Å². The van der Waals surface area contributed by atoms with Gasteiger partial charge in [-0.1, -0.05) is 12.2 Å². The van der Waals surface area contributed by atoms with Gasteiger partial charge < -0.3 is 9.73 Å². The van der Waals surface area contributed by atoms with Crippen molar-refractivity contribution in [2.24, 2.45) is 0 Å². The smallest absolute Gasteiger partial charge is 0.197 e. The first-order valence-corrected chi connectivity index (χ1v) is 4.43. The third-order valence-electron chi connectivity index (χ3n) is 1.59. The van der Waals surface area contributed by atoms with Gasteiger partial charge in [0.2, 0.25) is 0 Å². The van der Waals surface area contributed by atoms with Crippen LogP contribution < -0.4 is 5.32 Å². The van der Waals surface area contributed by atoms with Crippen LogP contribution in [-0.4, -0.2) is 20.4 Å². The van der Waals surface area contributed by atoms with Crippen LogP contribution in [0.5, 0.6) is 0 Å². The van der Waals surface area contributed by atoms with Crippen LogP contribution in [0.15, 0.2) is 29.0 Å². The van der Waals surface area contributed by atoms with Crippen LogP contribution >= 0.6 is 12.2 Å². The Kier molecular flexibility index (Phi) is 2.55. The lowest BCUT2D eigenvalue weighted by molar-refractivity contribution is 0.586. The summed E-state index contributed by atoms with van der Waals surface area (Å²) in [5.41, 5.74) is 0.800. The van der Waals surface area contributed by atoms with Crippen LogP contribution in [0.25, 0.3) is 0 Å². The quantitative estimate of drug-likeness (QED) is 0.746. The molecule has 0 aliphatic carbocycles. The van der Waals surface area contributed by atoms with E-state index in [0.717, 1.165) is 5.69 Å². The number of nitrogens with one attached hydrogen (secondary N) is 2. The summed E-state index contributed by atoms with van der Waals surface area (Å²) in [5, 5.41) is 13.0. The number of aromatic amines is 1. The van der Waals surface area contributed by atoms with Crippen molar-refractivity contribution < 1.29 is 4.42 Å². The highest BCUT2D eigenvalue weighted by Gasteiger charge is 2.03. The van der Waals surface area contributed by atoms with Gasteiger partial charge in [-0.25, -0.2) is 0 Å². The van der Waals surface area contributed by atoms with Crippen LogP contribution in [0.2, 0.25) is 0 Å². The normalized spacial score (nSPS) is 10.0. The van der Waals surface area contributed by atoms with Crippen molar-refractivity contribution in [2.75, 3.05) is 5.32 Å². The second-order valence-electron chi connectivity index (χ2n) is 2.66. The maximum Gasteiger partial charge on any atom is 0.197 e. The van der Waals surface area contributed by atoms with Crippen LogP contribution in [0.4, 0.5) is 5.88 Å². The second-order valence-corrected chi connectivity index (χ2v) is 3.16. The molecule has 0 fully saturated rings. The summed E-state index contributed by atoms with van der Waals surface area (Å²) < 4.78 is 5.08. The highest BCUT2D eigenvalue weighted by molar-refractivity contribution is 7.80. The molecule has 6 heteroatoms. The Morgan fingerprint density at radius 1 is 1.64 bits per heavy atom. The van der Waals surface area contributed by atoms with Crippen LogP contribution in [-0.2, 0) is 6.42 Å². The summed E-state index contributed by atoms with van der Waals surface area (Å²) in [4.78, 5) is 0.647. The molecule has 0 radical (unpaired) electrons. The molecule has 0 amide bonds. The number of nitrogens with zero attached hydrogens (tertiary/aromatic N) is 2. The SMILES string of the molecule is S=C(Cc1cn[nH]n1)Nc1ccco1. The summed E-state index contributed by atoms with van der Waals surface area (Å²) in [5.74, 6) is 0.637. The average Bonchev–Trinajstić information content (AvgIpc) is 2.76. The highest BCUT2D eigenvalue weighted by atomic mass is 32.1. The van der Waals surface area contributed by atoms with Gasteiger partial charge in [0.1, 0.15) is 0 Å². The standard InChI is InChI=1S/C8H8N4OS/c14-8(4-6-5-9-12-11-6)10-7-2-1-3-13-7/h1-3,5H,4H2,(H,10,14)(H,9,11,12). The molecule has 0 unspecified atom stereocenters. The fourth-order valence-corrected chi connectivity index (χ4v) is 1.25. The molecule has 72 valence electrons. The molecule has 5 nitrogen and oxygen atoms in total. The lowest BCUT2D eigenvalue weighted by Gasteiger charge is -2.01. The van der Waals surface area contributed by atoms with Crippen molar-refractivity contribution in [1.82, 2.24) is 15.4 Å². The third-order valence-corrected chi connectivity index (χ3v) is 1.84. The number of hydrogen-bond donors (Lipinski definition) is 2.